The number of imidazole rings is 1. The molecule has 0 aliphatic heterocycles. The summed E-state index contributed by atoms with van der Waals surface area (Å²) < 4.78 is 6.38. The molecule has 16 heavy (non-hydrogen) atoms. The van der Waals surface area contributed by atoms with Crippen LogP contribution in [0.25, 0.3) is 0 Å². The summed E-state index contributed by atoms with van der Waals surface area (Å²) in [4.78, 5) is 24.5. The highest BCUT2D eigenvalue weighted by Crippen LogP contribution is 2.11. The predicted octanol–water partition coefficient (Wildman–Crippen LogP) is 0.595. The molecular weight excluding hydrogens is 212 g/mol. The van der Waals surface area contributed by atoms with Crippen molar-refractivity contribution in [3.63, 3.8) is 0 Å². The van der Waals surface area contributed by atoms with Crippen LogP contribution in [0.4, 0.5) is 0 Å². The van der Waals surface area contributed by atoms with Gasteiger partial charge in [0.25, 0.3) is 0 Å². The van der Waals surface area contributed by atoms with E-state index in [9.17, 15) is 9.59 Å². The van der Waals surface area contributed by atoms with Crippen LogP contribution in [0.3, 0.4) is 0 Å². The summed E-state index contributed by atoms with van der Waals surface area (Å²) in [6, 6.07) is 3.43. The van der Waals surface area contributed by atoms with Crippen molar-refractivity contribution in [1.82, 2.24) is 9.55 Å². The number of furan rings is 1. The van der Waals surface area contributed by atoms with Gasteiger partial charge in [0.15, 0.2) is 0 Å². The Balaban J connectivity index is 2.46. The van der Waals surface area contributed by atoms with E-state index in [2.05, 4.69) is 4.98 Å². The van der Waals surface area contributed by atoms with Gasteiger partial charge in [0.2, 0.25) is 0 Å². The average molecular weight is 222 g/mol. The van der Waals surface area contributed by atoms with Gasteiger partial charge in [0.1, 0.15) is 11.5 Å². The SMILES string of the molecule is Cn1c(Cc2ccco2)c(C(=O)O)[nH]c1=O. The molecule has 2 rings (SSSR count). The Morgan fingerprint density at radius 1 is 1.62 bits per heavy atom. The second-order valence-electron chi connectivity index (χ2n) is 3.37. The van der Waals surface area contributed by atoms with Crippen molar-refractivity contribution in [3.8, 4) is 0 Å². The molecule has 6 nitrogen and oxygen atoms in total. The summed E-state index contributed by atoms with van der Waals surface area (Å²) in [5, 5.41) is 8.92. The van der Waals surface area contributed by atoms with Crippen molar-refractivity contribution in [2.24, 2.45) is 7.05 Å². The van der Waals surface area contributed by atoms with Crippen LogP contribution in [0.1, 0.15) is 21.9 Å². The van der Waals surface area contributed by atoms with Gasteiger partial charge in [-0.3, -0.25) is 9.55 Å². The number of carbonyl (C=O) groups is 1. The van der Waals surface area contributed by atoms with Crippen molar-refractivity contribution in [1.29, 1.82) is 0 Å². The first-order valence-corrected chi connectivity index (χ1v) is 4.63. The van der Waals surface area contributed by atoms with E-state index in [4.69, 9.17) is 9.52 Å². The predicted molar refractivity (Wildman–Crippen MR) is 54.5 cm³/mol. The van der Waals surface area contributed by atoms with Gasteiger partial charge >= 0.3 is 11.7 Å². The lowest BCUT2D eigenvalue weighted by Gasteiger charge is -2.00. The minimum absolute atomic E-state index is 0.0936. The summed E-state index contributed by atoms with van der Waals surface area (Å²) in [7, 11) is 1.52. The van der Waals surface area contributed by atoms with Gasteiger partial charge in [-0.15, -0.1) is 0 Å². The lowest BCUT2D eigenvalue weighted by molar-refractivity contribution is 0.0689. The number of hydrogen-bond donors (Lipinski definition) is 2. The van der Waals surface area contributed by atoms with E-state index in [-0.39, 0.29) is 12.1 Å². The molecule has 0 spiro atoms. The van der Waals surface area contributed by atoms with Gasteiger partial charge < -0.3 is 9.52 Å². The zero-order chi connectivity index (χ0) is 11.7. The van der Waals surface area contributed by atoms with Gasteiger partial charge in [-0.1, -0.05) is 0 Å². The zero-order valence-corrected chi connectivity index (χ0v) is 8.56. The molecule has 0 saturated heterocycles. The van der Waals surface area contributed by atoms with Crippen LogP contribution in [-0.4, -0.2) is 20.6 Å². The summed E-state index contributed by atoms with van der Waals surface area (Å²) in [6.07, 6.45) is 1.77. The Labute approximate surface area is 90.1 Å². The van der Waals surface area contributed by atoms with Crippen molar-refractivity contribution in [3.05, 3.63) is 46.0 Å². The maximum Gasteiger partial charge on any atom is 0.354 e. The monoisotopic (exact) mass is 222 g/mol. The Morgan fingerprint density at radius 3 is 2.94 bits per heavy atom. The van der Waals surface area contributed by atoms with Gasteiger partial charge in [0, 0.05) is 13.5 Å². The van der Waals surface area contributed by atoms with E-state index >= 15 is 0 Å². The van der Waals surface area contributed by atoms with E-state index < -0.39 is 11.7 Å². The normalized spacial score (nSPS) is 10.6. The van der Waals surface area contributed by atoms with Crippen molar-refractivity contribution < 1.29 is 14.3 Å². The van der Waals surface area contributed by atoms with Gasteiger partial charge in [-0.05, 0) is 12.1 Å². The standard InChI is InChI=1S/C10H10N2O4/c1-12-7(5-6-3-2-4-16-6)8(9(13)14)11-10(12)15/h2-4H,5H2,1H3,(H,11,15)(H,13,14). The number of H-pyrrole nitrogens is 1. The molecule has 0 saturated carbocycles. The number of nitrogens with one attached hydrogen (secondary N) is 1. The average Bonchev–Trinajstić information content (AvgIpc) is 2.81. The summed E-state index contributed by atoms with van der Waals surface area (Å²) >= 11 is 0. The fourth-order valence-electron chi connectivity index (χ4n) is 1.52. The second-order valence-corrected chi connectivity index (χ2v) is 3.37. The lowest BCUT2D eigenvalue weighted by Crippen LogP contribution is -2.14. The highest BCUT2D eigenvalue weighted by Gasteiger charge is 2.18. The van der Waals surface area contributed by atoms with Crippen LogP contribution in [0, 0.1) is 0 Å². The van der Waals surface area contributed by atoms with E-state index in [1.165, 1.54) is 17.9 Å². The number of carboxylic acid groups (broad SMARTS) is 1. The molecular formula is C10H10N2O4. The van der Waals surface area contributed by atoms with Crippen LogP contribution < -0.4 is 5.69 Å². The smallest absolute Gasteiger partial charge is 0.354 e. The number of aromatic amines is 1. The second kappa shape index (κ2) is 3.73. The molecule has 2 N–H and O–H groups in total. The third-order valence-corrected chi connectivity index (χ3v) is 2.37. The first kappa shape index (κ1) is 10.3. The van der Waals surface area contributed by atoms with Crippen LogP contribution in [0.2, 0.25) is 0 Å². The highest BCUT2D eigenvalue weighted by atomic mass is 16.4. The Morgan fingerprint density at radius 2 is 2.38 bits per heavy atom. The van der Waals surface area contributed by atoms with Crippen molar-refractivity contribution >= 4 is 5.97 Å². The Bertz CT molecular complexity index is 562. The molecule has 2 aromatic rings. The molecule has 0 aliphatic rings. The minimum Gasteiger partial charge on any atom is -0.477 e. The molecule has 0 atom stereocenters. The summed E-state index contributed by atoms with van der Waals surface area (Å²) in [5.41, 5.74) is -0.143. The van der Waals surface area contributed by atoms with Crippen LogP contribution >= 0.6 is 0 Å². The number of hydrogen-bond acceptors (Lipinski definition) is 3. The van der Waals surface area contributed by atoms with Crippen molar-refractivity contribution in [2.75, 3.05) is 0 Å². The van der Waals surface area contributed by atoms with E-state index in [1.807, 2.05) is 0 Å². The summed E-state index contributed by atoms with van der Waals surface area (Å²) in [6.45, 7) is 0. The topological polar surface area (TPSA) is 88.2 Å². The van der Waals surface area contributed by atoms with Crippen LogP contribution in [-0.2, 0) is 13.5 Å². The number of nitrogens with zero attached hydrogens (tertiary/aromatic N) is 1. The van der Waals surface area contributed by atoms with Gasteiger partial charge in [-0.2, -0.15) is 0 Å². The Hall–Kier alpha value is -2.24. The first-order valence-electron chi connectivity index (χ1n) is 4.63. The largest absolute Gasteiger partial charge is 0.477 e. The zero-order valence-electron chi connectivity index (χ0n) is 8.56. The van der Waals surface area contributed by atoms with Gasteiger partial charge in [-0.25, -0.2) is 9.59 Å². The van der Waals surface area contributed by atoms with E-state index in [0.29, 0.717) is 11.5 Å². The molecule has 0 unspecified atom stereocenters. The molecule has 0 aromatic carbocycles. The minimum atomic E-state index is -1.15. The molecule has 0 bridgehead atoms. The van der Waals surface area contributed by atoms with E-state index in [1.54, 1.807) is 12.1 Å². The maximum absolute atomic E-state index is 11.3. The molecule has 2 heterocycles. The molecule has 0 radical (unpaired) electrons. The van der Waals surface area contributed by atoms with Crippen molar-refractivity contribution in [2.45, 2.75) is 6.42 Å². The molecule has 6 heteroatoms. The van der Waals surface area contributed by atoms with Crippen LogP contribution in [0.5, 0.6) is 0 Å². The molecule has 0 fully saturated rings. The maximum atomic E-state index is 11.3. The molecule has 84 valence electrons. The lowest BCUT2D eigenvalue weighted by atomic mass is 10.2. The van der Waals surface area contributed by atoms with E-state index in [0.717, 1.165) is 0 Å². The Kier molecular flexibility index (Phi) is 2.40. The molecule has 0 amide bonds. The first-order chi connectivity index (χ1) is 7.59. The number of rotatable bonds is 3. The highest BCUT2D eigenvalue weighted by molar-refractivity contribution is 5.86. The third kappa shape index (κ3) is 1.65. The fraction of sp³-hybridized carbons (Fsp3) is 0.200. The number of aromatic carboxylic acids is 1. The molecule has 2 aromatic heterocycles. The third-order valence-electron chi connectivity index (χ3n) is 2.37. The van der Waals surface area contributed by atoms with Gasteiger partial charge in [0.05, 0.1) is 12.0 Å². The number of carboxylic acids is 1. The quantitative estimate of drug-likeness (QED) is 0.795. The molecule has 0 aliphatic carbocycles. The number of aromatic nitrogens is 2. The van der Waals surface area contributed by atoms with Crippen LogP contribution in [0.15, 0.2) is 27.6 Å². The summed E-state index contributed by atoms with van der Waals surface area (Å²) in [5.74, 6) is -0.545. The fourth-order valence-corrected chi connectivity index (χ4v) is 1.52.